The highest BCUT2D eigenvalue weighted by molar-refractivity contribution is 5.53. The van der Waals surface area contributed by atoms with E-state index in [0.29, 0.717) is 0 Å². The van der Waals surface area contributed by atoms with Crippen molar-refractivity contribution in [2.75, 3.05) is 14.2 Å². The Morgan fingerprint density at radius 3 is 1.88 bits per heavy atom. The first-order chi connectivity index (χ1) is 7.81. The molecule has 0 aliphatic rings. The Balaban J connectivity index is 3.27. The molecule has 0 aliphatic carbocycles. The number of benzene rings is 1. The van der Waals surface area contributed by atoms with Gasteiger partial charge in [0.05, 0.1) is 14.2 Å². The van der Waals surface area contributed by atoms with Gasteiger partial charge < -0.3 is 20.3 Å². The average molecular weight is 251 g/mol. The molecule has 1 atom stereocenters. The molecule has 1 aromatic carbocycles. The number of halogens is 3. The van der Waals surface area contributed by atoms with Gasteiger partial charge >= 0.3 is 6.18 Å². The van der Waals surface area contributed by atoms with Crippen molar-refractivity contribution < 1.29 is 27.8 Å². The lowest BCUT2D eigenvalue weighted by Crippen LogP contribution is -2.28. The molecule has 0 radical (unpaired) electrons. The van der Waals surface area contributed by atoms with Crippen LogP contribution in [0.4, 0.5) is 13.2 Å². The molecule has 17 heavy (non-hydrogen) atoms. The number of rotatable bonds is 3. The van der Waals surface area contributed by atoms with Gasteiger partial charge in [-0.15, -0.1) is 0 Å². The molecule has 0 bridgehead atoms. The van der Waals surface area contributed by atoms with E-state index < -0.39 is 12.2 Å². The monoisotopic (exact) mass is 251 g/mol. The smallest absolute Gasteiger partial charge is 0.407 e. The van der Waals surface area contributed by atoms with Crippen LogP contribution in [0.1, 0.15) is 11.6 Å². The summed E-state index contributed by atoms with van der Waals surface area (Å²) in [5, 5.41) is 9.53. The van der Waals surface area contributed by atoms with Gasteiger partial charge in [-0.1, -0.05) is 0 Å². The number of hydrogen-bond acceptors (Lipinski definition) is 4. The van der Waals surface area contributed by atoms with Gasteiger partial charge in [0.25, 0.3) is 0 Å². The van der Waals surface area contributed by atoms with Crippen molar-refractivity contribution in [1.29, 1.82) is 0 Å². The molecule has 0 aromatic heterocycles. The van der Waals surface area contributed by atoms with Crippen LogP contribution in [0.3, 0.4) is 0 Å². The van der Waals surface area contributed by atoms with Gasteiger partial charge in [0.15, 0.2) is 11.5 Å². The maximum Gasteiger partial charge on any atom is 0.407 e. The predicted octanol–water partition coefficient (Wildman–Crippen LogP) is 1.97. The fraction of sp³-hybridized carbons (Fsp3) is 0.400. The Morgan fingerprint density at radius 2 is 1.59 bits per heavy atom. The SMILES string of the molecule is COc1cc([C@@H](N)C(F)(F)F)cc(OC)c1O. The van der Waals surface area contributed by atoms with Gasteiger partial charge in [-0.2, -0.15) is 13.2 Å². The maximum absolute atomic E-state index is 12.4. The van der Waals surface area contributed by atoms with E-state index >= 15 is 0 Å². The van der Waals surface area contributed by atoms with Crippen molar-refractivity contribution >= 4 is 0 Å². The van der Waals surface area contributed by atoms with Crippen LogP contribution >= 0.6 is 0 Å². The first-order valence-corrected chi connectivity index (χ1v) is 4.58. The molecule has 0 saturated carbocycles. The summed E-state index contributed by atoms with van der Waals surface area (Å²) in [6.45, 7) is 0. The van der Waals surface area contributed by atoms with Crippen LogP contribution in [0.25, 0.3) is 0 Å². The third kappa shape index (κ3) is 2.73. The Morgan fingerprint density at radius 1 is 1.18 bits per heavy atom. The van der Waals surface area contributed by atoms with E-state index in [2.05, 4.69) is 0 Å². The lowest BCUT2D eigenvalue weighted by molar-refractivity contribution is -0.149. The van der Waals surface area contributed by atoms with E-state index in [1.807, 2.05) is 0 Å². The molecule has 4 nitrogen and oxygen atoms in total. The Bertz CT molecular complexity index is 381. The molecule has 7 heteroatoms. The molecular formula is C10H12F3NO3. The molecule has 0 saturated heterocycles. The second-order valence-electron chi connectivity index (χ2n) is 3.29. The summed E-state index contributed by atoms with van der Waals surface area (Å²) < 4.78 is 46.8. The van der Waals surface area contributed by atoms with Crippen molar-refractivity contribution in [3.63, 3.8) is 0 Å². The van der Waals surface area contributed by atoms with Crippen LogP contribution in [-0.2, 0) is 0 Å². The summed E-state index contributed by atoms with van der Waals surface area (Å²) in [6, 6.07) is -0.114. The highest BCUT2D eigenvalue weighted by Gasteiger charge is 2.38. The molecule has 0 heterocycles. The van der Waals surface area contributed by atoms with Gasteiger partial charge in [-0.25, -0.2) is 0 Å². The standard InChI is InChI=1S/C10H12F3NO3/c1-16-6-3-5(9(14)10(11,12)13)4-7(17-2)8(6)15/h3-4,9,15H,14H2,1-2H3/t9-/m1/s1. The third-order valence-electron chi connectivity index (χ3n) is 2.21. The minimum Gasteiger partial charge on any atom is -0.502 e. The second-order valence-corrected chi connectivity index (χ2v) is 3.29. The second kappa shape index (κ2) is 4.70. The zero-order valence-electron chi connectivity index (χ0n) is 9.21. The molecule has 1 aromatic rings. The highest BCUT2D eigenvalue weighted by atomic mass is 19.4. The molecule has 0 unspecified atom stereocenters. The molecule has 96 valence electrons. The summed E-state index contributed by atoms with van der Waals surface area (Å²) >= 11 is 0. The Labute approximate surface area is 95.7 Å². The number of phenolic OH excluding ortho intramolecular Hbond substituents is 1. The van der Waals surface area contributed by atoms with Crippen LogP contribution in [0, 0.1) is 0 Å². The molecule has 0 spiro atoms. The van der Waals surface area contributed by atoms with Gasteiger partial charge in [-0.05, 0) is 17.7 Å². The summed E-state index contributed by atoms with van der Waals surface area (Å²) in [6.07, 6.45) is -4.58. The number of phenols is 1. The van der Waals surface area contributed by atoms with E-state index in [0.717, 1.165) is 12.1 Å². The largest absolute Gasteiger partial charge is 0.502 e. The molecule has 0 amide bonds. The van der Waals surface area contributed by atoms with Gasteiger partial charge in [0, 0.05) is 0 Å². The Hall–Kier alpha value is -1.63. The lowest BCUT2D eigenvalue weighted by Gasteiger charge is -2.18. The number of alkyl halides is 3. The highest BCUT2D eigenvalue weighted by Crippen LogP contribution is 2.41. The summed E-state index contributed by atoms with van der Waals surface area (Å²) in [5.74, 6) is -0.619. The van der Waals surface area contributed by atoms with Gasteiger partial charge in [0.2, 0.25) is 5.75 Å². The minimum absolute atomic E-state index is 0.126. The maximum atomic E-state index is 12.4. The van der Waals surface area contributed by atoms with Crippen molar-refractivity contribution in [3.05, 3.63) is 17.7 Å². The third-order valence-corrected chi connectivity index (χ3v) is 2.21. The normalized spacial score (nSPS) is 13.3. The zero-order chi connectivity index (χ0) is 13.2. The number of aromatic hydroxyl groups is 1. The van der Waals surface area contributed by atoms with Gasteiger partial charge in [-0.3, -0.25) is 0 Å². The fourth-order valence-corrected chi connectivity index (χ4v) is 1.28. The molecular weight excluding hydrogens is 239 g/mol. The number of hydrogen-bond donors (Lipinski definition) is 2. The summed E-state index contributed by atoms with van der Waals surface area (Å²) in [4.78, 5) is 0. The lowest BCUT2D eigenvalue weighted by atomic mass is 10.1. The van der Waals surface area contributed by atoms with E-state index in [1.54, 1.807) is 0 Å². The predicted molar refractivity (Wildman–Crippen MR) is 54.2 cm³/mol. The van der Waals surface area contributed by atoms with Crippen molar-refractivity contribution in [2.45, 2.75) is 12.2 Å². The van der Waals surface area contributed by atoms with Crippen molar-refractivity contribution in [2.24, 2.45) is 5.73 Å². The van der Waals surface area contributed by atoms with E-state index in [1.165, 1.54) is 14.2 Å². The topological polar surface area (TPSA) is 64.7 Å². The molecule has 3 N–H and O–H groups in total. The van der Waals surface area contributed by atoms with E-state index in [9.17, 15) is 18.3 Å². The van der Waals surface area contributed by atoms with Crippen molar-refractivity contribution in [3.8, 4) is 17.2 Å². The summed E-state index contributed by atoms with van der Waals surface area (Å²) in [5.41, 5.74) is 4.81. The van der Waals surface area contributed by atoms with Crippen molar-refractivity contribution in [1.82, 2.24) is 0 Å². The molecule has 1 rings (SSSR count). The van der Waals surface area contributed by atoms with Gasteiger partial charge in [0.1, 0.15) is 6.04 Å². The van der Waals surface area contributed by atoms with Crippen LogP contribution in [0.2, 0.25) is 0 Å². The fourth-order valence-electron chi connectivity index (χ4n) is 1.28. The first-order valence-electron chi connectivity index (χ1n) is 4.58. The Kier molecular flexibility index (Phi) is 3.72. The van der Waals surface area contributed by atoms with E-state index in [-0.39, 0.29) is 22.8 Å². The van der Waals surface area contributed by atoms with Crippen LogP contribution in [-0.4, -0.2) is 25.5 Å². The summed E-state index contributed by atoms with van der Waals surface area (Å²) in [7, 11) is 2.44. The van der Waals surface area contributed by atoms with Crippen LogP contribution < -0.4 is 15.2 Å². The quantitative estimate of drug-likeness (QED) is 0.862. The number of methoxy groups -OCH3 is 2. The first kappa shape index (κ1) is 13.4. The van der Waals surface area contributed by atoms with Crippen LogP contribution in [0.15, 0.2) is 12.1 Å². The number of nitrogens with two attached hydrogens (primary N) is 1. The zero-order valence-corrected chi connectivity index (χ0v) is 9.21. The van der Waals surface area contributed by atoms with E-state index in [4.69, 9.17) is 15.2 Å². The van der Waals surface area contributed by atoms with Crippen LogP contribution in [0.5, 0.6) is 17.2 Å². The minimum atomic E-state index is -4.58. The molecule has 0 fully saturated rings. The molecule has 0 aliphatic heterocycles. The average Bonchev–Trinajstić information content (AvgIpc) is 2.27. The number of ether oxygens (including phenoxy) is 2.